The normalized spacial score (nSPS) is 11.2. The lowest BCUT2D eigenvalue weighted by Gasteiger charge is -2.00. The number of hydrogen-bond acceptors (Lipinski definition) is 5. The van der Waals surface area contributed by atoms with E-state index in [0.717, 1.165) is 5.56 Å². The highest BCUT2D eigenvalue weighted by atomic mass is 19.1. The Balaban J connectivity index is 1.63. The van der Waals surface area contributed by atoms with Crippen LogP contribution in [-0.4, -0.2) is 11.1 Å². The SMILES string of the molecule is Cc1noc(C)c1COC(=O)C=Cc1ccc(-c2ccccc2F)o1. The van der Waals surface area contributed by atoms with E-state index in [0.29, 0.717) is 28.5 Å². The zero-order valence-corrected chi connectivity index (χ0v) is 13.8. The molecular weight excluding hydrogens is 325 g/mol. The van der Waals surface area contributed by atoms with Crippen molar-refractivity contribution < 1.29 is 22.9 Å². The van der Waals surface area contributed by atoms with Crippen LogP contribution in [0.5, 0.6) is 0 Å². The number of carbonyl (C=O) groups is 1. The summed E-state index contributed by atoms with van der Waals surface area (Å²) in [6.07, 6.45) is 2.72. The van der Waals surface area contributed by atoms with Crippen LogP contribution in [-0.2, 0) is 16.1 Å². The van der Waals surface area contributed by atoms with Crippen LogP contribution in [0.3, 0.4) is 0 Å². The van der Waals surface area contributed by atoms with Crippen molar-refractivity contribution in [2.24, 2.45) is 0 Å². The number of benzene rings is 1. The van der Waals surface area contributed by atoms with Crippen molar-refractivity contribution in [1.29, 1.82) is 0 Å². The first kappa shape index (κ1) is 16.7. The molecular formula is C19H16FNO4. The number of carbonyl (C=O) groups excluding carboxylic acids is 1. The van der Waals surface area contributed by atoms with Gasteiger partial charge in [0.25, 0.3) is 0 Å². The lowest BCUT2D eigenvalue weighted by atomic mass is 10.1. The molecule has 0 N–H and O–H groups in total. The van der Waals surface area contributed by atoms with Crippen molar-refractivity contribution in [3.63, 3.8) is 0 Å². The van der Waals surface area contributed by atoms with E-state index in [-0.39, 0.29) is 12.4 Å². The number of rotatable bonds is 5. The van der Waals surface area contributed by atoms with E-state index >= 15 is 0 Å². The Morgan fingerprint density at radius 1 is 1.24 bits per heavy atom. The van der Waals surface area contributed by atoms with Gasteiger partial charge in [0.05, 0.1) is 16.8 Å². The maximum Gasteiger partial charge on any atom is 0.331 e. The van der Waals surface area contributed by atoms with E-state index in [2.05, 4.69) is 5.16 Å². The van der Waals surface area contributed by atoms with Gasteiger partial charge in [0, 0.05) is 6.08 Å². The lowest BCUT2D eigenvalue weighted by Crippen LogP contribution is -2.02. The molecule has 0 saturated heterocycles. The quantitative estimate of drug-likeness (QED) is 0.507. The number of halogens is 1. The van der Waals surface area contributed by atoms with Crippen molar-refractivity contribution in [3.05, 3.63) is 71.1 Å². The predicted molar refractivity (Wildman–Crippen MR) is 88.9 cm³/mol. The second-order valence-electron chi connectivity index (χ2n) is 5.43. The molecule has 3 rings (SSSR count). The summed E-state index contributed by atoms with van der Waals surface area (Å²) in [5.74, 6) is 0.541. The zero-order chi connectivity index (χ0) is 17.8. The number of furan rings is 1. The summed E-state index contributed by atoms with van der Waals surface area (Å²) in [5.41, 5.74) is 1.81. The third-order valence-corrected chi connectivity index (χ3v) is 3.69. The summed E-state index contributed by atoms with van der Waals surface area (Å²) in [4.78, 5) is 11.8. The largest absolute Gasteiger partial charge is 0.457 e. The van der Waals surface area contributed by atoms with Crippen molar-refractivity contribution in [3.8, 4) is 11.3 Å². The fourth-order valence-electron chi connectivity index (χ4n) is 2.30. The first-order valence-electron chi connectivity index (χ1n) is 7.66. The minimum Gasteiger partial charge on any atom is -0.457 e. The van der Waals surface area contributed by atoms with Crippen LogP contribution in [0.2, 0.25) is 0 Å². The van der Waals surface area contributed by atoms with Crippen molar-refractivity contribution in [1.82, 2.24) is 5.16 Å². The van der Waals surface area contributed by atoms with Gasteiger partial charge in [-0.2, -0.15) is 0 Å². The average molecular weight is 341 g/mol. The van der Waals surface area contributed by atoms with Crippen LogP contribution in [0.4, 0.5) is 4.39 Å². The van der Waals surface area contributed by atoms with Gasteiger partial charge in [-0.05, 0) is 44.2 Å². The highest BCUT2D eigenvalue weighted by Gasteiger charge is 2.11. The van der Waals surface area contributed by atoms with Crippen molar-refractivity contribution in [2.45, 2.75) is 20.5 Å². The van der Waals surface area contributed by atoms with E-state index < -0.39 is 5.97 Å². The standard InChI is InChI=1S/C19H16FNO4/c1-12-16(13(2)25-21-12)11-23-19(22)10-8-14-7-9-18(24-14)15-5-3-4-6-17(15)20/h3-10H,11H2,1-2H3. The second kappa shape index (κ2) is 7.17. The Morgan fingerprint density at radius 2 is 2.04 bits per heavy atom. The van der Waals surface area contributed by atoms with Crippen LogP contribution in [0.1, 0.15) is 22.8 Å². The molecule has 6 heteroatoms. The van der Waals surface area contributed by atoms with Gasteiger partial charge in [0.2, 0.25) is 0 Å². The molecule has 0 spiro atoms. The lowest BCUT2D eigenvalue weighted by molar-refractivity contribution is -0.138. The molecule has 0 radical (unpaired) electrons. The number of aromatic nitrogens is 1. The number of hydrogen-bond donors (Lipinski definition) is 0. The highest BCUT2D eigenvalue weighted by molar-refractivity contribution is 5.86. The number of ether oxygens (including phenoxy) is 1. The van der Waals surface area contributed by atoms with E-state index in [1.807, 2.05) is 0 Å². The molecule has 0 atom stereocenters. The highest BCUT2D eigenvalue weighted by Crippen LogP contribution is 2.25. The second-order valence-corrected chi connectivity index (χ2v) is 5.43. The third kappa shape index (κ3) is 3.85. The Hall–Kier alpha value is -3.15. The third-order valence-electron chi connectivity index (χ3n) is 3.69. The molecule has 0 amide bonds. The smallest absolute Gasteiger partial charge is 0.331 e. The van der Waals surface area contributed by atoms with Gasteiger partial charge >= 0.3 is 5.97 Å². The van der Waals surface area contributed by atoms with Crippen molar-refractivity contribution in [2.75, 3.05) is 0 Å². The Kier molecular flexibility index (Phi) is 4.79. The molecule has 0 bridgehead atoms. The van der Waals surface area contributed by atoms with Crippen LogP contribution >= 0.6 is 0 Å². The summed E-state index contributed by atoms with van der Waals surface area (Å²) in [6, 6.07) is 9.62. The minimum absolute atomic E-state index is 0.0863. The Bertz CT molecular complexity index is 904. The molecule has 1 aromatic carbocycles. The molecule has 0 fully saturated rings. The average Bonchev–Trinajstić information content (AvgIpc) is 3.19. The van der Waals surface area contributed by atoms with E-state index in [1.54, 1.807) is 44.2 Å². The molecule has 0 unspecified atom stereocenters. The van der Waals surface area contributed by atoms with E-state index in [9.17, 15) is 9.18 Å². The number of esters is 1. The van der Waals surface area contributed by atoms with Crippen LogP contribution < -0.4 is 0 Å². The summed E-state index contributed by atoms with van der Waals surface area (Å²) in [5, 5.41) is 3.80. The first-order valence-corrected chi connectivity index (χ1v) is 7.66. The number of nitrogens with zero attached hydrogens (tertiary/aromatic N) is 1. The molecule has 0 aliphatic rings. The van der Waals surface area contributed by atoms with Gasteiger partial charge in [0.1, 0.15) is 29.7 Å². The summed E-state index contributed by atoms with van der Waals surface area (Å²) in [7, 11) is 0. The molecule has 0 aliphatic heterocycles. The minimum atomic E-state index is -0.524. The van der Waals surface area contributed by atoms with Crippen LogP contribution in [0, 0.1) is 19.7 Å². The van der Waals surface area contributed by atoms with Gasteiger partial charge in [-0.1, -0.05) is 17.3 Å². The van der Waals surface area contributed by atoms with Gasteiger partial charge in [0.15, 0.2) is 0 Å². The van der Waals surface area contributed by atoms with Crippen molar-refractivity contribution >= 4 is 12.0 Å². The van der Waals surface area contributed by atoms with Crippen LogP contribution in [0.15, 0.2) is 51.4 Å². The van der Waals surface area contributed by atoms with Gasteiger partial charge in [-0.25, -0.2) is 9.18 Å². The molecule has 2 heterocycles. The zero-order valence-electron chi connectivity index (χ0n) is 13.8. The van der Waals surface area contributed by atoms with E-state index in [1.165, 1.54) is 18.2 Å². The summed E-state index contributed by atoms with van der Waals surface area (Å²) in [6.45, 7) is 3.62. The maximum absolute atomic E-state index is 13.7. The maximum atomic E-state index is 13.7. The molecule has 3 aromatic rings. The monoisotopic (exact) mass is 341 g/mol. The molecule has 0 aliphatic carbocycles. The molecule has 25 heavy (non-hydrogen) atoms. The number of aryl methyl sites for hydroxylation is 2. The van der Waals surface area contributed by atoms with Gasteiger partial charge in [-0.15, -0.1) is 0 Å². The molecule has 0 saturated carbocycles. The Labute approximate surface area is 143 Å². The van der Waals surface area contributed by atoms with Gasteiger partial charge < -0.3 is 13.7 Å². The molecule has 128 valence electrons. The fraction of sp³-hybridized carbons (Fsp3) is 0.158. The van der Waals surface area contributed by atoms with E-state index in [4.69, 9.17) is 13.7 Å². The van der Waals surface area contributed by atoms with Gasteiger partial charge in [-0.3, -0.25) is 0 Å². The molecule has 5 nitrogen and oxygen atoms in total. The topological polar surface area (TPSA) is 65.5 Å². The first-order chi connectivity index (χ1) is 12.0. The van der Waals surface area contributed by atoms with Crippen LogP contribution in [0.25, 0.3) is 17.4 Å². The predicted octanol–water partition coefficient (Wildman–Crippen LogP) is 4.45. The Morgan fingerprint density at radius 3 is 2.76 bits per heavy atom. The summed E-state index contributed by atoms with van der Waals surface area (Å²) >= 11 is 0. The summed E-state index contributed by atoms with van der Waals surface area (Å²) < 4.78 is 29.4. The fourth-order valence-corrected chi connectivity index (χ4v) is 2.30. The molecule has 2 aromatic heterocycles.